The van der Waals surface area contributed by atoms with Crippen LogP contribution >= 0.6 is 22.9 Å². The SMILES string of the molecule is CCC(c1nc(CCl)cs1)N(C)CCCN(C)C. The second kappa shape index (κ2) is 8.10. The van der Waals surface area contributed by atoms with Crippen LogP contribution in [0.25, 0.3) is 0 Å². The van der Waals surface area contributed by atoms with Gasteiger partial charge in [0.05, 0.1) is 17.6 Å². The van der Waals surface area contributed by atoms with Gasteiger partial charge in [0, 0.05) is 5.38 Å². The monoisotopic (exact) mass is 289 g/mol. The first-order valence-corrected chi connectivity index (χ1v) is 7.85. The summed E-state index contributed by atoms with van der Waals surface area (Å²) in [6, 6.07) is 0.425. The summed E-state index contributed by atoms with van der Waals surface area (Å²) in [6.45, 7) is 4.45. The van der Waals surface area contributed by atoms with Crippen LogP contribution in [0, 0.1) is 0 Å². The highest BCUT2D eigenvalue weighted by Crippen LogP contribution is 2.26. The van der Waals surface area contributed by atoms with E-state index >= 15 is 0 Å². The second-order valence-electron chi connectivity index (χ2n) is 4.87. The van der Waals surface area contributed by atoms with Gasteiger partial charge in [0.2, 0.25) is 0 Å². The molecule has 0 bridgehead atoms. The maximum Gasteiger partial charge on any atom is 0.110 e. The van der Waals surface area contributed by atoms with E-state index in [1.165, 1.54) is 11.4 Å². The molecular formula is C13H24ClN3S. The van der Waals surface area contributed by atoms with Crippen LogP contribution in [0.2, 0.25) is 0 Å². The molecule has 104 valence electrons. The second-order valence-corrected chi connectivity index (χ2v) is 6.03. The van der Waals surface area contributed by atoms with Gasteiger partial charge in [-0.25, -0.2) is 4.98 Å². The minimum atomic E-state index is 0.425. The summed E-state index contributed by atoms with van der Waals surface area (Å²) in [5.41, 5.74) is 0.997. The first kappa shape index (κ1) is 15.9. The molecule has 18 heavy (non-hydrogen) atoms. The molecule has 1 aromatic rings. The van der Waals surface area contributed by atoms with E-state index in [1.807, 2.05) is 0 Å². The first-order valence-electron chi connectivity index (χ1n) is 6.43. The van der Waals surface area contributed by atoms with Gasteiger partial charge in [0.25, 0.3) is 0 Å². The molecule has 5 heteroatoms. The molecule has 0 aliphatic heterocycles. The van der Waals surface area contributed by atoms with Gasteiger partial charge < -0.3 is 4.90 Å². The first-order chi connectivity index (χ1) is 8.58. The zero-order chi connectivity index (χ0) is 13.5. The van der Waals surface area contributed by atoms with Crippen molar-refractivity contribution < 1.29 is 0 Å². The zero-order valence-electron chi connectivity index (χ0n) is 11.8. The predicted octanol–water partition coefficient (Wildman–Crippen LogP) is 3.22. The van der Waals surface area contributed by atoms with Crippen molar-refractivity contribution in [3.8, 4) is 0 Å². The van der Waals surface area contributed by atoms with E-state index in [2.05, 4.69) is 48.2 Å². The maximum atomic E-state index is 5.81. The fourth-order valence-corrected chi connectivity index (χ4v) is 3.30. The smallest absolute Gasteiger partial charge is 0.110 e. The Labute approximate surface area is 120 Å². The Balaban J connectivity index is 2.53. The molecule has 1 aromatic heterocycles. The number of nitrogens with zero attached hydrogens (tertiary/aromatic N) is 3. The van der Waals surface area contributed by atoms with E-state index in [4.69, 9.17) is 11.6 Å². The van der Waals surface area contributed by atoms with Gasteiger partial charge in [-0.15, -0.1) is 22.9 Å². The summed E-state index contributed by atoms with van der Waals surface area (Å²) in [4.78, 5) is 9.23. The molecule has 0 N–H and O–H groups in total. The average Bonchev–Trinajstić information content (AvgIpc) is 2.78. The molecule has 0 aliphatic carbocycles. The third-order valence-electron chi connectivity index (χ3n) is 3.03. The van der Waals surface area contributed by atoms with Crippen molar-refractivity contribution in [3.05, 3.63) is 16.1 Å². The molecule has 1 unspecified atom stereocenters. The number of hydrogen-bond donors (Lipinski definition) is 0. The van der Waals surface area contributed by atoms with Gasteiger partial charge in [0.15, 0.2) is 0 Å². The van der Waals surface area contributed by atoms with Crippen molar-refractivity contribution in [3.63, 3.8) is 0 Å². The van der Waals surface area contributed by atoms with Crippen molar-refractivity contribution in [2.75, 3.05) is 34.2 Å². The molecule has 0 amide bonds. The van der Waals surface area contributed by atoms with Crippen LogP contribution in [0.5, 0.6) is 0 Å². The van der Waals surface area contributed by atoms with E-state index < -0.39 is 0 Å². The third kappa shape index (κ3) is 4.84. The van der Waals surface area contributed by atoms with Crippen molar-refractivity contribution in [2.45, 2.75) is 31.7 Å². The minimum absolute atomic E-state index is 0.425. The van der Waals surface area contributed by atoms with Crippen molar-refractivity contribution >= 4 is 22.9 Å². The molecule has 3 nitrogen and oxygen atoms in total. The number of aromatic nitrogens is 1. The van der Waals surface area contributed by atoms with Gasteiger partial charge in [0.1, 0.15) is 5.01 Å². The molecule has 0 fully saturated rings. The lowest BCUT2D eigenvalue weighted by molar-refractivity contribution is 0.225. The van der Waals surface area contributed by atoms with E-state index in [0.29, 0.717) is 11.9 Å². The quantitative estimate of drug-likeness (QED) is 0.685. The summed E-state index contributed by atoms with van der Waals surface area (Å²) >= 11 is 7.54. The highest BCUT2D eigenvalue weighted by molar-refractivity contribution is 7.09. The predicted molar refractivity (Wildman–Crippen MR) is 80.5 cm³/mol. The summed E-state index contributed by atoms with van der Waals surface area (Å²) < 4.78 is 0. The number of hydrogen-bond acceptors (Lipinski definition) is 4. The molecule has 0 spiro atoms. The molecule has 1 atom stereocenters. The van der Waals surface area contributed by atoms with Gasteiger partial charge >= 0.3 is 0 Å². The Morgan fingerprint density at radius 1 is 1.33 bits per heavy atom. The largest absolute Gasteiger partial charge is 0.309 e. The Hall–Kier alpha value is -0.160. The topological polar surface area (TPSA) is 19.4 Å². The van der Waals surface area contributed by atoms with Crippen LogP contribution in [0.4, 0.5) is 0 Å². The number of rotatable bonds is 8. The highest BCUT2D eigenvalue weighted by Gasteiger charge is 2.18. The van der Waals surface area contributed by atoms with Crippen LogP contribution in [0.15, 0.2) is 5.38 Å². The molecule has 0 radical (unpaired) electrons. The lowest BCUT2D eigenvalue weighted by Gasteiger charge is -2.25. The standard InChI is InChI=1S/C13H24ClN3S/c1-5-12(13-15-11(9-14)10-18-13)17(4)8-6-7-16(2)3/h10,12H,5-9H2,1-4H3. The summed E-state index contributed by atoms with van der Waals surface area (Å²) in [7, 11) is 6.42. The fraction of sp³-hybridized carbons (Fsp3) is 0.769. The maximum absolute atomic E-state index is 5.81. The third-order valence-corrected chi connectivity index (χ3v) is 4.29. The summed E-state index contributed by atoms with van der Waals surface area (Å²) in [5.74, 6) is 0.511. The minimum Gasteiger partial charge on any atom is -0.309 e. The van der Waals surface area contributed by atoms with Gasteiger partial charge in [-0.1, -0.05) is 6.92 Å². The van der Waals surface area contributed by atoms with E-state index in [-0.39, 0.29) is 0 Å². The average molecular weight is 290 g/mol. The molecule has 0 aromatic carbocycles. The van der Waals surface area contributed by atoms with E-state index in [0.717, 1.165) is 25.2 Å². The lowest BCUT2D eigenvalue weighted by atomic mass is 10.2. The summed E-state index contributed by atoms with van der Waals surface area (Å²) in [6.07, 6.45) is 2.28. The molecular weight excluding hydrogens is 266 g/mol. The van der Waals surface area contributed by atoms with Crippen LogP contribution in [0.1, 0.15) is 36.5 Å². The molecule has 1 rings (SSSR count). The van der Waals surface area contributed by atoms with E-state index in [9.17, 15) is 0 Å². The Morgan fingerprint density at radius 3 is 2.56 bits per heavy atom. The number of thiazole rings is 1. The highest BCUT2D eigenvalue weighted by atomic mass is 35.5. The van der Waals surface area contributed by atoms with Crippen molar-refractivity contribution in [1.82, 2.24) is 14.8 Å². The van der Waals surface area contributed by atoms with Crippen LogP contribution in [-0.2, 0) is 5.88 Å². The van der Waals surface area contributed by atoms with Crippen molar-refractivity contribution in [2.24, 2.45) is 0 Å². The molecule has 0 aliphatic rings. The van der Waals surface area contributed by atoms with Gasteiger partial charge in [-0.2, -0.15) is 0 Å². The Morgan fingerprint density at radius 2 is 2.06 bits per heavy atom. The van der Waals surface area contributed by atoms with Gasteiger partial charge in [-0.05, 0) is 47.1 Å². The van der Waals surface area contributed by atoms with Gasteiger partial charge in [-0.3, -0.25) is 4.90 Å². The zero-order valence-corrected chi connectivity index (χ0v) is 13.4. The fourth-order valence-electron chi connectivity index (χ4n) is 2.00. The normalized spacial score (nSPS) is 13.5. The summed E-state index contributed by atoms with van der Waals surface area (Å²) in [5, 5.41) is 3.26. The molecule has 1 heterocycles. The number of alkyl halides is 1. The Kier molecular flexibility index (Phi) is 7.15. The molecule has 0 saturated carbocycles. The van der Waals surface area contributed by atoms with Crippen molar-refractivity contribution in [1.29, 1.82) is 0 Å². The van der Waals surface area contributed by atoms with Crippen LogP contribution in [0.3, 0.4) is 0 Å². The lowest BCUT2D eigenvalue weighted by Crippen LogP contribution is -2.27. The van der Waals surface area contributed by atoms with Crippen LogP contribution < -0.4 is 0 Å². The molecule has 0 saturated heterocycles. The van der Waals surface area contributed by atoms with E-state index in [1.54, 1.807) is 11.3 Å². The Bertz CT molecular complexity index is 341. The number of halogens is 1. The van der Waals surface area contributed by atoms with Crippen LogP contribution in [-0.4, -0.2) is 49.0 Å².